The molecule has 0 saturated heterocycles. The zero-order chi connectivity index (χ0) is 25.3. The van der Waals surface area contributed by atoms with E-state index in [9.17, 15) is 8.42 Å². The minimum absolute atomic E-state index is 0.116. The Bertz CT molecular complexity index is 1610. The maximum atomic E-state index is 12.7. The Morgan fingerprint density at radius 1 is 0.889 bits per heavy atom. The van der Waals surface area contributed by atoms with Gasteiger partial charge in [-0.25, -0.2) is 17.9 Å². The molecule has 182 valence electrons. The Kier molecular flexibility index (Phi) is 6.38. The molecule has 2 heterocycles. The number of hydrogen-bond donors (Lipinski definition) is 1. The number of nitrogens with zero attached hydrogens (tertiary/aromatic N) is 3. The van der Waals surface area contributed by atoms with Crippen LogP contribution in [-0.4, -0.2) is 29.1 Å². The van der Waals surface area contributed by atoms with Crippen molar-refractivity contribution in [3.05, 3.63) is 96.4 Å². The third-order valence-electron chi connectivity index (χ3n) is 5.50. The van der Waals surface area contributed by atoms with Gasteiger partial charge >= 0.3 is 0 Å². The van der Waals surface area contributed by atoms with Gasteiger partial charge in [0.15, 0.2) is 0 Å². The molecule has 0 aliphatic heterocycles. The Balaban J connectivity index is 1.41. The predicted molar refractivity (Wildman–Crippen MR) is 142 cm³/mol. The number of aromatic nitrogens is 3. The summed E-state index contributed by atoms with van der Waals surface area (Å²) in [6, 6.07) is 23.0. The fourth-order valence-corrected chi connectivity index (χ4v) is 5.02. The third-order valence-corrected chi connectivity index (χ3v) is 7.15. The molecule has 0 spiro atoms. The van der Waals surface area contributed by atoms with E-state index in [4.69, 9.17) is 16.3 Å². The van der Waals surface area contributed by atoms with Crippen LogP contribution in [0.15, 0.2) is 96.3 Å². The van der Waals surface area contributed by atoms with Gasteiger partial charge in [0, 0.05) is 28.0 Å². The van der Waals surface area contributed by atoms with E-state index in [2.05, 4.69) is 14.8 Å². The van der Waals surface area contributed by atoms with Crippen LogP contribution in [0.2, 0.25) is 5.02 Å². The maximum Gasteiger partial charge on any atom is 0.261 e. The van der Waals surface area contributed by atoms with Gasteiger partial charge in [-0.05, 0) is 74.0 Å². The molecule has 0 atom stereocenters. The molecular formula is C27H23ClN4O3S. The second-order valence-electron chi connectivity index (χ2n) is 8.49. The molecule has 0 radical (unpaired) electrons. The number of fused-ring (bicyclic) bond motifs is 1. The Morgan fingerprint density at radius 3 is 2.22 bits per heavy atom. The highest BCUT2D eigenvalue weighted by Gasteiger charge is 2.15. The minimum atomic E-state index is -3.73. The topological polar surface area (TPSA) is 85.6 Å². The zero-order valence-electron chi connectivity index (χ0n) is 19.6. The molecule has 7 nitrogen and oxygen atoms in total. The van der Waals surface area contributed by atoms with Crippen molar-refractivity contribution < 1.29 is 13.2 Å². The highest BCUT2D eigenvalue weighted by atomic mass is 35.5. The van der Waals surface area contributed by atoms with Gasteiger partial charge in [-0.3, -0.25) is 4.72 Å². The zero-order valence-corrected chi connectivity index (χ0v) is 21.2. The van der Waals surface area contributed by atoms with Gasteiger partial charge in [0.1, 0.15) is 12.1 Å². The SMILES string of the molecule is CC(C)Oc1ccc(-c2cc3c(-c4ccc(NS(=O)(=O)c5ccc(Cl)cc5)cc4)ncnn3c2)cc1. The van der Waals surface area contributed by atoms with Crippen molar-refractivity contribution >= 4 is 32.8 Å². The van der Waals surface area contributed by atoms with E-state index in [1.807, 2.05) is 62.5 Å². The number of anilines is 1. The van der Waals surface area contributed by atoms with Gasteiger partial charge in [0.05, 0.1) is 22.2 Å². The number of hydrogen-bond acceptors (Lipinski definition) is 5. The Morgan fingerprint density at radius 2 is 1.56 bits per heavy atom. The van der Waals surface area contributed by atoms with Crippen LogP contribution < -0.4 is 9.46 Å². The summed E-state index contributed by atoms with van der Waals surface area (Å²) in [4.78, 5) is 4.62. The molecule has 5 rings (SSSR count). The molecule has 1 N–H and O–H groups in total. The molecule has 0 fully saturated rings. The summed E-state index contributed by atoms with van der Waals surface area (Å²) in [6.45, 7) is 3.99. The van der Waals surface area contributed by atoms with E-state index >= 15 is 0 Å². The van der Waals surface area contributed by atoms with E-state index in [-0.39, 0.29) is 11.0 Å². The number of ether oxygens (including phenoxy) is 1. The van der Waals surface area contributed by atoms with Crippen molar-refractivity contribution in [2.45, 2.75) is 24.8 Å². The quantitative estimate of drug-likeness (QED) is 0.273. The smallest absolute Gasteiger partial charge is 0.261 e. The molecule has 3 aromatic carbocycles. The molecule has 2 aromatic heterocycles. The largest absolute Gasteiger partial charge is 0.491 e. The number of nitrogens with one attached hydrogen (secondary N) is 1. The fourth-order valence-electron chi connectivity index (χ4n) is 3.83. The summed E-state index contributed by atoms with van der Waals surface area (Å²) < 4.78 is 35.4. The first kappa shape index (κ1) is 23.8. The van der Waals surface area contributed by atoms with Crippen molar-refractivity contribution in [1.29, 1.82) is 0 Å². The highest BCUT2D eigenvalue weighted by molar-refractivity contribution is 7.92. The molecule has 0 bridgehead atoms. The summed E-state index contributed by atoms with van der Waals surface area (Å²) in [5.41, 5.74) is 4.89. The monoisotopic (exact) mass is 518 g/mol. The Labute approximate surface area is 214 Å². The molecule has 0 amide bonds. The van der Waals surface area contributed by atoms with Crippen molar-refractivity contribution in [1.82, 2.24) is 14.6 Å². The molecule has 9 heteroatoms. The molecule has 0 aliphatic carbocycles. The first-order valence-corrected chi connectivity index (χ1v) is 13.1. The van der Waals surface area contributed by atoms with Gasteiger partial charge in [-0.2, -0.15) is 5.10 Å². The van der Waals surface area contributed by atoms with Crippen LogP contribution in [0.4, 0.5) is 5.69 Å². The lowest BCUT2D eigenvalue weighted by atomic mass is 10.1. The second kappa shape index (κ2) is 9.64. The number of halogens is 1. The van der Waals surface area contributed by atoms with Gasteiger partial charge in [0.25, 0.3) is 10.0 Å². The first-order chi connectivity index (χ1) is 17.3. The third kappa shape index (κ3) is 5.05. The van der Waals surface area contributed by atoms with Crippen LogP contribution in [0.25, 0.3) is 27.9 Å². The summed E-state index contributed by atoms with van der Waals surface area (Å²) in [5.74, 6) is 0.824. The lowest BCUT2D eigenvalue weighted by Crippen LogP contribution is -2.12. The minimum Gasteiger partial charge on any atom is -0.491 e. The molecule has 0 aliphatic rings. The van der Waals surface area contributed by atoms with Crippen molar-refractivity contribution in [3.8, 4) is 28.1 Å². The van der Waals surface area contributed by atoms with Crippen LogP contribution in [0.1, 0.15) is 13.8 Å². The standard InChI is InChI=1S/C27H23ClN4O3S/c1-18(2)35-24-11-5-19(6-12-24)21-15-26-27(29-17-30-32(26)16-21)20-3-9-23(10-4-20)31-36(33,34)25-13-7-22(28)8-14-25/h3-18,31H,1-2H3. The van der Waals surface area contributed by atoms with Crippen LogP contribution in [0.3, 0.4) is 0 Å². The van der Waals surface area contributed by atoms with Gasteiger partial charge in [-0.1, -0.05) is 35.9 Å². The van der Waals surface area contributed by atoms with Crippen LogP contribution in [0.5, 0.6) is 5.75 Å². The highest BCUT2D eigenvalue weighted by Crippen LogP contribution is 2.30. The van der Waals surface area contributed by atoms with E-state index < -0.39 is 10.0 Å². The average Bonchev–Trinajstić information content (AvgIpc) is 3.29. The molecule has 0 unspecified atom stereocenters. The van der Waals surface area contributed by atoms with E-state index in [0.717, 1.165) is 33.7 Å². The van der Waals surface area contributed by atoms with E-state index in [1.54, 1.807) is 28.8 Å². The summed E-state index contributed by atoms with van der Waals surface area (Å²) >= 11 is 5.87. The molecule has 0 saturated carbocycles. The Hall–Kier alpha value is -3.88. The van der Waals surface area contributed by atoms with Gasteiger partial charge in [0.2, 0.25) is 0 Å². The van der Waals surface area contributed by atoms with E-state index in [1.165, 1.54) is 18.5 Å². The first-order valence-electron chi connectivity index (χ1n) is 11.3. The van der Waals surface area contributed by atoms with Gasteiger partial charge in [-0.15, -0.1) is 0 Å². The molecular weight excluding hydrogens is 496 g/mol. The van der Waals surface area contributed by atoms with Crippen LogP contribution in [0, 0.1) is 0 Å². The average molecular weight is 519 g/mol. The number of benzene rings is 3. The summed E-state index contributed by atoms with van der Waals surface area (Å²) in [5, 5.41) is 4.83. The van der Waals surface area contributed by atoms with Crippen molar-refractivity contribution in [3.63, 3.8) is 0 Å². The number of rotatable bonds is 7. The normalized spacial score (nSPS) is 11.7. The molecule has 36 heavy (non-hydrogen) atoms. The maximum absolute atomic E-state index is 12.7. The summed E-state index contributed by atoms with van der Waals surface area (Å²) in [7, 11) is -3.73. The molecule has 5 aromatic rings. The van der Waals surface area contributed by atoms with E-state index in [0.29, 0.717) is 10.7 Å². The fraction of sp³-hybridized carbons (Fsp3) is 0.111. The van der Waals surface area contributed by atoms with Crippen LogP contribution in [-0.2, 0) is 10.0 Å². The second-order valence-corrected chi connectivity index (χ2v) is 10.6. The lowest BCUT2D eigenvalue weighted by Gasteiger charge is -2.09. The summed E-state index contributed by atoms with van der Waals surface area (Å²) in [6.07, 6.45) is 3.57. The van der Waals surface area contributed by atoms with Crippen LogP contribution >= 0.6 is 11.6 Å². The predicted octanol–water partition coefficient (Wildman–Crippen LogP) is 6.30. The van der Waals surface area contributed by atoms with Crippen molar-refractivity contribution in [2.24, 2.45) is 0 Å². The van der Waals surface area contributed by atoms with Crippen molar-refractivity contribution in [2.75, 3.05) is 4.72 Å². The van der Waals surface area contributed by atoms with Gasteiger partial charge < -0.3 is 4.74 Å². The lowest BCUT2D eigenvalue weighted by molar-refractivity contribution is 0.242. The number of sulfonamides is 1.